The minimum Gasteiger partial charge on any atom is -0.466 e. The molecule has 0 heterocycles. The van der Waals surface area contributed by atoms with Gasteiger partial charge in [0, 0.05) is 5.57 Å². The van der Waals surface area contributed by atoms with Crippen LogP contribution in [0.5, 0.6) is 0 Å². The molecule has 0 aliphatic heterocycles. The van der Waals surface area contributed by atoms with Gasteiger partial charge in [0.2, 0.25) is 0 Å². The Morgan fingerprint density at radius 2 is 1.39 bits per heavy atom. The van der Waals surface area contributed by atoms with E-state index in [1.165, 1.54) is 0 Å². The minimum atomic E-state index is -3.49. The average Bonchev–Trinajstić information content (AvgIpc) is 2.50. The molecule has 0 bridgehead atoms. The molecule has 6 nitrogen and oxygen atoms in total. The third kappa shape index (κ3) is 10.0. The first-order valence-electron chi connectivity index (χ1n) is 8.93. The summed E-state index contributed by atoms with van der Waals surface area (Å²) in [6, 6.07) is 0. The molecule has 0 aliphatic rings. The van der Waals surface area contributed by atoms with E-state index in [0.717, 1.165) is 7.11 Å². The van der Waals surface area contributed by atoms with Crippen LogP contribution in [0.1, 0.15) is 19.8 Å². The Bertz CT molecular complexity index is 557. The highest BCUT2D eigenvalue weighted by Gasteiger charge is 2.39. The summed E-state index contributed by atoms with van der Waals surface area (Å²) >= 11 is 0. The van der Waals surface area contributed by atoms with Crippen molar-refractivity contribution in [1.82, 2.24) is 0 Å². The summed E-state index contributed by atoms with van der Waals surface area (Å²) < 4.78 is 59.5. The van der Waals surface area contributed by atoms with Gasteiger partial charge in [-0.1, -0.05) is 13.3 Å². The van der Waals surface area contributed by atoms with E-state index >= 15 is 0 Å². The monoisotopic (exact) mass is 460 g/mol. The molecule has 0 aromatic heterocycles. The molecular weight excluding hydrogens is 429 g/mol. The van der Waals surface area contributed by atoms with Crippen LogP contribution in [0.15, 0.2) is 10.8 Å². The highest BCUT2D eigenvalue weighted by atomic mass is 28.4. The lowest BCUT2D eigenvalue weighted by Gasteiger charge is -2.32. The van der Waals surface area contributed by atoms with Crippen LogP contribution >= 0.6 is 0 Å². The van der Waals surface area contributed by atoms with Crippen molar-refractivity contribution >= 4 is 37.9 Å². The number of alkyl halides is 3. The number of methoxy groups -OCH3 is 1. The molecule has 0 spiro atoms. The molecule has 28 heavy (non-hydrogen) atoms. The van der Waals surface area contributed by atoms with Gasteiger partial charge in [-0.3, -0.25) is 0 Å². The lowest BCUT2D eigenvalue weighted by atomic mass is 10.1. The lowest BCUT2D eigenvalue weighted by molar-refractivity contribution is -0.169. The van der Waals surface area contributed by atoms with Crippen molar-refractivity contribution in [3.63, 3.8) is 0 Å². The van der Waals surface area contributed by atoms with Crippen molar-refractivity contribution in [2.24, 2.45) is 0 Å². The number of ether oxygens (including phenoxy) is 2. The first-order chi connectivity index (χ1) is 12.6. The maximum Gasteiger partial charge on any atom is 0.343 e. The Labute approximate surface area is 168 Å². The summed E-state index contributed by atoms with van der Waals surface area (Å²) in [7, 11) is -6.29. The fourth-order valence-electron chi connectivity index (χ4n) is 2.08. The minimum absolute atomic E-state index is 0.00679. The van der Waals surface area contributed by atoms with Gasteiger partial charge in [0.1, 0.15) is 0 Å². The second kappa shape index (κ2) is 11.3. The molecule has 12 heteroatoms. The molecule has 0 aliphatic carbocycles. The predicted octanol–water partition coefficient (Wildman–Crippen LogP) is 3.82. The van der Waals surface area contributed by atoms with Crippen LogP contribution in [0.3, 0.4) is 0 Å². The topological polar surface area (TPSA) is 71.1 Å². The molecule has 0 radical (unpaired) electrons. The fraction of sp³-hybridized carbons (Fsp3) is 0.750. The van der Waals surface area contributed by atoms with Crippen LogP contribution in [-0.4, -0.2) is 57.8 Å². The maximum atomic E-state index is 13.3. The molecule has 0 amide bonds. The first kappa shape index (κ1) is 27.0. The molecule has 1 unspecified atom stereocenters. The van der Waals surface area contributed by atoms with E-state index in [1.54, 1.807) is 6.92 Å². The predicted molar refractivity (Wildman–Crippen MR) is 107 cm³/mol. The number of carbonyl (C=O) groups excluding carboxylic acids is 2. The molecule has 0 saturated heterocycles. The summed E-state index contributed by atoms with van der Waals surface area (Å²) in [6.07, 6.45) is -6.18. The van der Waals surface area contributed by atoms with Gasteiger partial charge in [0.05, 0.1) is 12.3 Å². The Hall–Kier alpha value is -0.959. The van der Waals surface area contributed by atoms with Crippen LogP contribution < -0.4 is 0 Å². The molecule has 0 fully saturated rings. The number of hydrogen-bond acceptors (Lipinski definition) is 6. The second-order valence-corrected chi connectivity index (χ2v) is 19.6. The van der Waals surface area contributed by atoms with Crippen molar-refractivity contribution in [3.05, 3.63) is 10.8 Å². The van der Waals surface area contributed by atoms with Gasteiger partial charge >= 0.3 is 34.0 Å². The summed E-state index contributed by atoms with van der Waals surface area (Å²) in [6.45, 7) is 13.1. The van der Waals surface area contributed by atoms with E-state index in [4.69, 9.17) is 13.0 Å². The number of rotatable bonds is 11. The van der Waals surface area contributed by atoms with Crippen LogP contribution in [-0.2, 0) is 27.3 Å². The normalized spacial score (nSPS) is 14.8. The lowest BCUT2D eigenvalue weighted by Crippen LogP contribution is -2.47. The zero-order valence-electron chi connectivity index (χ0n) is 17.7. The smallest absolute Gasteiger partial charge is 0.343 e. The first-order valence-corrected chi connectivity index (χ1v) is 17.3. The highest BCUT2D eigenvalue weighted by molar-refractivity contribution is 6.84. The molecule has 0 N–H and O–H groups in total. The average molecular weight is 461 g/mol. The maximum absolute atomic E-state index is 13.3. The molecule has 164 valence electrons. The molecule has 0 rings (SSSR count). The van der Waals surface area contributed by atoms with Crippen molar-refractivity contribution in [1.29, 1.82) is 0 Å². The third-order valence-corrected chi connectivity index (χ3v) is 11.5. The SMILES string of the molecule is CCCC(C(=O)OC(F)C(F)F)=C(C(=O)OC)[SiH](O[Si](C)(C)C)O[Si](C)(C)C. The van der Waals surface area contributed by atoms with E-state index in [-0.39, 0.29) is 17.2 Å². The van der Waals surface area contributed by atoms with Crippen LogP contribution in [0.4, 0.5) is 13.2 Å². The van der Waals surface area contributed by atoms with Gasteiger partial charge in [0.25, 0.3) is 0 Å². The number of hydrogen-bond donors (Lipinski definition) is 0. The fourth-order valence-corrected chi connectivity index (χ4v) is 9.64. The van der Waals surface area contributed by atoms with E-state index in [1.807, 2.05) is 39.3 Å². The van der Waals surface area contributed by atoms with Crippen molar-refractivity contribution < 1.29 is 40.5 Å². The molecule has 0 saturated carbocycles. The number of esters is 2. The van der Waals surface area contributed by atoms with Crippen LogP contribution in [0, 0.1) is 0 Å². The molecular formula is C16H31F3O6Si3. The van der Waals surface area contributed by atoms with Gasteiger partial charge < -0.3 is 17.7 Å². The standard InChI is InChI=1S/C16H31F3O6Si3/c1-9-10-11(15(20)23-14(19)13(17)18)12(16(21)22-2)26(24-27(3,4)5)25-28(6,7)8/h13-14,26H,9-10H2,1-8H3. The van der Waals surface area contributed by atoms with Gasteiger partial charge in [-0.15, -0.1) is 0 Å². The van der Waals surface area contributed by atoms with E-state index in [9.17, 15) is 22.8 Å². The van der Waals surface area contributed by atoms with Gasteiger partial charge in [-0.05, 0) is 45.7 Å². The van der Waals surface area contributed by atoms with E-state index in [0.29, 0.717) is 6.42 Å². The van der Waals surface area contributed by atoms with E-state index < -0.39 is 50.6 Å². The van der Waals surface area contributed by atoms with Gasteiger partial charge in [-0.2, -0.15) is 4.39 Å². The van der Waals surface area contributed by atoms with Crippen LogP contribution in [0.2, 0.25) is 39.3 Å². The Morgan fingerprint density at radius 1 is 0.929 bits per heavy atom. The van der Waals surface area contributed by atoms with Gasteiger partial charge in [-0.25, -0.2) is 18.4 Å². The molecule has 0 aromatic rings. The highest BCUT2D eigenvalue weighted by Crippen LogP contribution is 2.25. The third-order valence-electron chi connectivity index (χ3n) is 3.05. The summed E-state index contributed by atoms with van der Waals surface area (Å²) in [4.78, 5) is 25.0. The molecule has 0 aromatic carbocycles. The van der Waals surface area contributed by atoms with Crippen molar-refractivity contribution in [2.75, 3.05) is 7.11 Å². The second-order valence-electron chi connectivity index (χ2n) is 8.02. The summed E-state index contributed by atoms with van der Waals surface area (Å²) in [5.74, 6) is -2.19. The number of carbonyl (C=O) groups is 2. The van der Waals surface area contributed by atoms with Crippen LogP contribution in [0.25, 0.3) is 0 Å². The zero-order valence-corrected chi connectivity index (χ0v) is 20.9. The molecule has 1 atom stereocenters. The zero-order chi connectivity index (χ0) is 22.3. The van der Waals surface area contributed by atoms with Gasteiger partial charge in [0.15, 0.2) is 16.6 Å². The Kier molecular flexibility index (Phi) is 10.9. The Morgan fingerprint density at radius 3 is 1.71 bits per heavy atom. The summed E-state index contributed by atoms with van der Waals surface area (Å²) in [5, 5.41) is -0.138. The number of halogens is 3. The quantitative estimate of drug-likeness (QED) is 0.265. The van der Waals surface area contributed by atoms with Crippen molar-refractivity contribution in [2.45, 2.75) is 71.8 Å². The summed E-state index contributed by atoms with van der Waals surface area (Å²) in [5.41, 5.74) is -0.231. The largest absolute Gasteiger partial charge is 0.466 e. The Balaban J connectivity index is 6.40. The van der Waals surface area contributed by atoms with Crippen molar-refractivity contribution in [3.8, 4) is 0 Å². The van der Waals surface area contributed by atoms with E-state index in [2.05, 4.69) is 4.74 Å².